The smallest absolute Gasteiger partial charge is 0.245 e. The molecule has 0 bridgehead atoms. The summed E-state index contributed by atoms with van der Waals surface area (Å²) in [6, 6.07) is 13.5. The van der Waals surface area contributed by atoms with Crippen LogP contribution in [-0.4, -0.2) is 56.6 Å². The fourth-order valence-corrected chi connectivity index (χ4v) is 6.06. The number of carbonyl (C=O) groups is 1. The summed E-state index contributed by atoms with van der Waals surface area (Å²) in [6.07, 6.45) is 5.46. The van der Waals surface area contributed by atoms with Gasteiger partial charge in [-0.05, 0) is 54.0 Å². The first-order chi connectivity index (χ1) is 19.6. The van der Waals surface area contributed by atoms with Crippen LogP contribution in [0.5, 0.6) is 11.6 Å². The van der Waals surface area contributed by atoms with Crippen LogP contribution < -0.4 is 10.5 Å². The number of anilines is 1. The first-order valence-electron chi connectivity index (χ1n) is 13.5. The van der Waals surface area contributed by atoms with Crippen LogP contribution in [0.2, 0.25) is 0 Å². The third-order valence-corrected chi connectivity index (χ3v) is 8.12. The Morgan fingerprint density at radius 2 is 1.95 bits per heavy atom. The SMILES string of the molecule is C=CC(=O)N1CC2C(C#Cc3c(-c4ccc(Oc5ccccn5)cc4)c4c(N)ncnc4n3C3CCOC3)C2C1. The molecule has 4 aromatic rings. The molecule has 0 radical (unpaired) electrons. The van der Waals surface area contributed by atoms with E-state index in [9.17, 15) is 4.79 Å². The van der Waals surface area contributed by atoms with Crippen molar-refractivity contribution in [2.75, 3.05) is 32.0 Å². The second-order valence-electron chi connectivity index (χ2n) is 10.4. The predicted octanol–water partition coefficient (Wildman–Crippen LogP) is 4.07. The van der Waals surface area contributed by atoms with Crippen molar-refractivity contribution in [3.05, 3.63) is 73.3 Å². The summed E-state index contributed by atoms with van der Waals surface area (Å²) in [4.78, 5) is 27.1. The highest BCUT2D eigenvalue weighted by Crippen LogP contribution is 2.51. The molecule has 5 heterocycles. The van der Waals surface area contributed by atoms with Crippen LogP contribution in [-0.2, 0) is 9.53 Å². The number of hydrogen-bond donors (Lipinski definition) is 1. The number of amides is 1. The zero-order chi connectivity index (χ0) is 27.2. The molecule has 1 aromatic carbocycles. The summed E-state index contributed by atoms with van der Waals surface area (Å²) < 4.78 is 13.9. The molecule has 3 unspecified atom stereocenters. The molecule has 7 rings (SSSR count). The number of benzene rings is 1. The maximum Gasteiger partial charge on any atom is 0.245 e. The van der Waals surface area contributed by atoms with Crippen molar-refractivity contribution in [2.24, 2.45) is 17.8 Å². The number of likely N-dealkylation sites (tertiary alicyclic amines) is 1. The number of rotatable bonds is 5. The van der Waals surface area contributed by atoms with Crippen molar-refractivity contribution < 1.29 is 14.3 Å². The van der Waals surface area contributed by atoms with Crippen LogP contribution in [0.15, 0.2) is 67.6 Å². The summed E-state index contributed by atoms with van der Waals surface area (Å²) in [5.74, 6) is 9.77. The lowest BCUT2D eigenvalue weighted by molar-refractivity contribution is -0.125. The average molecular weight is 533 g/mol. The molecular formula is C31H28N6O3. The van der Waals surface area contributed by atoms with E-state index in [2.05, 4.69) is 37.9 Å². The maximum atomic E-state index is 12.0. The fourth-order valence-electron chi connectivity index (χ4n) is 6.06. The minimum atomic E-state index is -0.00734. The van der Waals surface area contributed by atoms with Gasteiger partial charge in [0.2, 0.25) is 11.8 Å². The molecule has 3 aromatic heterocycles. The lowest BCUT2D eigenvalue weighted by Crippen LogP contribution is -2.29. The molecule has 1 saturated carbocycles. The molecule has 0 spiro atoms. The molecule has 40 heavy (non-hydrogen) atoms. The second-order valence-corrected chi connectivity index (χ2v) is 10.4. The molecule has 3 fully saturated rings. The molecule has 1 amide bonds. The van der Waals surface area contributed by atoms with Gasteiger partial charge >= 0.3 is 0 Å². The number of hydrogen-bond acceptors (Lipinski definition) is 7. The van der Waals surface area contributed by atoms with Gasteiger partial charge in [-0.3, -0.25) is 4.79 Å². The standard InChI is InChI=1S/C31H28N6O3/c1-2-27(38)36-15-23-22(24(23)16-36)10-11-25-28(19-6-8-21(9-7-19)40-26-5-3-4-13-33-26)29-30(32)34-18-35-31(29)37(25)20-12-14-39-17-20/h2-9,13,18,20,22-24H,1,12,14-17H2,(H2,32,34,35). The molecule has 1 aliphatic carbocycles. The number of ether oxygens (including phenoxy) is 2. The summed E-state index contributed by atoms with van der Waals surface area (Å²) in [6.45, 7) is 6.36. The second kappa shape index (κ2) is 9.81. The Hall–Kier alpha value is -4.68. The van der Waals surface area contributed by atoms with E-state index in [1.165, 1.54) is 12.4 Å². The molecule has 2 saturated heterocycles. The molecule has 3 aliphatic rings. The van der Waals surface area contributed by atoms with Crippen molar-refractivity contribution in [1.29, 1.82) is 0 Å². The van der Waals surface area contributed by atoms with Gasteiger partial charge in [-0.2, -0.15) is 0 Å². The zero-order valence-corrected chi connectivity index (χ0v) is 21.9. The van der Waals surface area contributed by atoms with Gasteiger partial charge in [0.15, 0.2) is 0 Å². The summed E-state index contributed by atoms with van der Waals surface area (Å²) >= 11 is 0. The van der Waals surface area contributed by atoms with E-state index >= 15 is 0 Å². The van der Waals surface area contributed by atoms with Gasteiger partial charge in [0, 0.05) is 43.4 Å². The van der Waals surface area contributed by atoms with E-state index in [1.54, 1.807) is 6.20 Å². The van der Waals surface area contributed by atoms with Crippen molar-refractivity contribution in [2.45, 2.75) is 12.5 Å². The van der Waals surface area contributed by atoms with Crippen molar-refractivity contribution in [3.63, 3.8) is 0 Å². The average Bonchev–Trinajstić information content (AvgIpc) is 3.44. The number of pyridine rings is 1. The van der Waals surface area contributed by atoms with E-state index < -0.39 is 0 Å². The van der Waals surface area contributed by atoms with E-state index in [0.717, 1.165) is 47.4 Å². The van der Waals surface area contributed by atoms with Gasteiger partial charge < -0.3 is 24.7 Å². The first-order valence-corrected chi connectivity index (χ1v) is 13.5. The zero-order valence-electron chi connectivity index (χ0n) is 21.9. The highest BCUT2D eigenvalue weighted by atomic mass is 16.5. The Bertz CT molecular complexity index is 1650. The molecule has 3 atom stereocenters. The Kier molecular flexibility index (Phi) is 5.98. The van der Waals surface area contributed by atoms with Gasteiger partial charge in [-0.15, -0.1) is 0 Å². The van der Waals surface area contributed by atoms with Crippen LogP contribution >= 0.6 is 0 Å². The summed E-state index contributed by atoms with van der Waals surface area (Å²) in [5.41, 5.74) is 9.96. The fraction of sp³-hybridized carbons (Fsp3) is 0.290. The number of piperidine rings is 1. The van der Waals surface area contributed by atoms with Crippen molar-refractivity contribution in [3.8, 4) is 34.6 Å². The normalized spacial score (nSPS) is 22.9. The van der Waals surface area contributed by atoms with E-state index in [-0.39, 0.29) is 17.9 Å². The maximum absolute atomic E-state index is 12.0. The number of carbonyl (C=O) groups excluding carboxylic acids is 1. The lowest BCUT2D eigenvalue weighted by Gasteiger charge is -2.16. The first kappa shape index (κ1) is 24.4. The molecule has 200 valence electrons. The lowest BCUT2D eigenvalue weighted by atomic mass is 10.0. The monoisotopic (exact) mass is 532 g/mol. The van der Waals surface area contributed by atoms with Gasteiger partial charge in [0.1, 0.15) is 29.2 Å². The summed E-state index contributed by atoms with van der Waals surface area (Å²) in [5, 5.41) is 0.788. The molecule has 9 heteroatoms. The Morgan fingerprint density at radius 3 is 2.65 bits per heavy atom. The Balaban J connectivity index is 1.29. The Labute approximate surface area is 231 Å². The van der Waals surface area contributed by atoms with Crippen LogP contribution in [0, 0.1) is 29.6 Å². The van der Waals surface area contributed by atoms with Crippen LogP contribution in [0.25, 0.3) is 22.2 Å². The number of aromatic nitrogens is 4. The highest BCUT2D eigenvalue weighted by molar-refractivity contribution is 6.03. The van der Waals surface area contributed by atoms with Crippen LogP contribution in [0.1, 0.15) is 18.2 Å². The number of fused-ring (bicyclic) bond motifs is 2. The van der Waals surface area contributed by atoms with E-state index in [1.807, 2.05) is 47.4 Å². The molecular weight excluding hydrogens is 504 g/mol. The van der Waals surface area contributed by atoms with Crippen molar-refractivity contribution >= 4 is 22.8 Å². The minimum absolute atomic E-state index is 0.00734. The summed E-state index contributed by atoms with van der Waals surface area (Å²) in [7, 11) is 0. The molecule has 2 N–H and O–H groups in total. The third-order valence-electron chi connectivity index (χ3n) is 8.12. The van der Waals surface area contributed by atoms with Gasteiger partial charge in [-0.1, -0.05) is 30.7 Å². The third kappa shape index (κ3) is 4.17. The van der Waals surface area contributed by atoms with E-state index in [4.69, 9.17) is 15.2 Å². The molecule has 2 aliphatic heterocycles. The van der Waals surface area contributed by atoms with Crippen molar-refractivity contribution in [1.82, 2.24) is 24.4 Å². The van der Waals surface area contributed by atoms with Crippen LogP contribution in [0.4, 0.5) is 5.82 Å². The van der Waals surface area contributed by atoms with Gasteiger partial charge in [-0.25, -0.2) is 15.0 Å². The Morgan fingerprint density at radius 1 is 1.12 bits per heavy atom. The highest BCUT2D eigenvalue weighted by Gasteiger charge is 2.55. The topological polar surface area (TPSA) is 108 Å². The molecule has 9 nitrogen and oxygen atoms in total. The van der Waals surface area contributed by atoms with E-state index in [0.29, 0.717) is 42.5 Å². The number of nitrogens with zero attached hydrogens (tertiary/aromatic N) is 5. The van der Waals surface area contributed by atoms with Crippen LogP contribution in [0.3, 0.4) is 0 Å². The quantitative estimate of drug-likeness (QED) is 0.305. The number of nitrogen functional groups attached to an aromatic ring is 1. The number of nitrogens with two attached hydrogens (primary N) is 1. The van der Waals surface area contributed by atoms with Gasteiger partial charge in [0.25, 0.3) is 0 Å². The van der Waals surface area contributed by atoms with Gasteiger partial charge in [0.05, 0.1) is 18.0 Å². The largest absolute Gasteiger partial charge is 0.439 e. The minimum Gasteiger partial charge on any atom is -0.439 e. The predicted molar refractivity (Wildman–Crippen MR) is 150 cm³/mol.